The Kier molecular flexibility index (Phi) is 3.88. The van der Waals surface area contributed by atoms with E-state index in [0.29, 0.717) is 11.3 Å². The van der Waals surface area contributed by atoms with E-state index in [1.54, 1.807) is 29.3 Å². The average Bonchev–Trinajstić information content (AvgIpc) is 2.63. The van der Waals surface area contributed by atoms with Crippen LogP contribution >= 0.6 is 0 Å². The van der Waals surface area contributed by atoms with Crippen LogP contribution in [0.1, 0.15) is 31.1 Å². The first-order valence-corrected chi connectivity index (χ1v) is 6.60. The summed E-state index contributed by atoms with van der Waals surface area (Å²) < 4.78 is 0. The lowest BCUT2D eigenvalue weighted by molar-refractivity contribution is -0.118. The number of hydrazone groups is 1. The molecule has 5 heteroatoms. The number of hydrogen-bond acceptors (Lipinski definition) is 4. The summed E-state index contributed by atoms with van der Waals surface area (Å²) in [5.41, 5.74) is 1.87. The number of para-hydroxylation sites is 1. The summed E-state index contributed by atoms with van der Waals surface area (Å²) in [6, 6.07) is 7.05. The molecule has 1 aromatic rings. The number of ketones is 1. The number of amides is 1. The fourth-order valence-electron chi connectivity index (χ4n) is 2.49. The second-order valence-corrected chi connectivity index (χ2v) is 5.12. The van der Waals surface area contributed by atoms with Crippen molar-refractivity contribution in [2.45, 2.75) is 26.8 Å². The number of nitrogens with zero attached hydrogens (tertiary/aromatic N) is 2. The van der Waals surface area contributed by atoms with E-state index in [2.05, 4.69) is 10.4 Å². The molecule has 5 nitrogen and oxygen atoms in total. The van der Waals surface area contributed by atoms with Gasteiger partial charge in [0.15, 0.2) is 5.78 Å². The predicted octanol–water partition coefficient (Wildman–Crippen LogP) is 2.15. The van der Waals surface area contributed by atoms with Crippen molar-refractivity contribution in [1.82, 2.24) is 5.01 Å². The van der Waals surface area contributed by atoms with Crippen LogP contribution in [0.2, 0.25) is 0 Å². The summed E-state index contributed by atoms with van der Waals surface area (Å²) in [6.07, 6.45) is 0. The van der Waals surface area contributed by atoms with Crippen molar-refractivity contribution in [1.29, 1.82) is 0 Å². The third kappa shape index (κ3) is 2.57. The molecule has 1 aromatic carbocycles. The summed E-state index contributed by atoms with van der Waals surface area (Å²) in [4.78, 5) is 24.0. The van der Waals surface area contributed by atoms with E-state index in [1.165, 1.54) is 6.92 Å². The van der Waals surface area contributed by atoms with Gasteiger partial charge in [0.2, 0.25) is 5.91 Å². The lowest BCUT2D eigenvalue weighted by atomic mass is 9.96. The number of Topliss-reactive ketones (excluding diaryl/α,β-unsaturated/α-hetero) is 1. The van der Waals surface area contributed by atoms with Crippen LogP contribution in [0.25, 0.3) is 0 Å². The van der Waals surface area contributed by atoms with Crippen LogP contribution in [-0.2, 0) is 4.79 Å². The summed E-state index contributed by atoms with van der Waals surface area (Å²) in [5, 5.41) is 8.93. The van der Waals surface area contributed by atoms with E-state index >= 15 is 0 Å². The fraction of sp³-hybridized carbons (Fsp3) is 0.400. The molecular weight excluding hydrogens is 254 g/mol. The first kappa shape index (κ1) is 14.2. The van der Waals surface area contributed by atoms with Gasteiger partial charge in [-0.3, -0.25) is 14.6 Å². The van der Waals surface area contributed by atoms with Crippen molar-refractivity contribution >= 4 is 23.1 Å². The van der Waals surface area contributed by atoms with Gasteiger partial charge in [-0.1, -0.05) is 12.1 Å². The quantitative estimate of drug-likeness (QED) is 0.858. The van der Waals surface area contributed by atoms with Crippen LogP contribution in [0.4, 0.5) is 5.69 Å². The van der Waals surface area contributed by atoms with Crippen molar-refractivity contribution in [3.63, 3.8) is 0 Å². The summed E-state index contributed by atoms with van der Waals surface area (Å²) in [7, 11) is 1.85. The zero-order valence-corrected chi connectivity index (χ0v) is 12.2. The van der Waals surface area contributed by atoms with E-state index in [-0.39, 0.29) is 23.7 Å². The smallest absolute Gasteiger partial charge is 0.235 e. The molecule has 0 saturated carbocycles. The maximum Gasteiger partial charge on any atom is 0.235 e. The van der Waals surface area contributed by atoms with Crippen LogP contribution in [0.3, 0.4) is 0 Å². The van der Waals surface area contributed by atoms with E-state index in [9.17, 15) is 9.59 Å². The Labute approximate surface area is 118 Å². The number of anilines is 1. The number of hydrogen-bond donors (Lipinski definition) is 1. The molecule has 0 bridgehead atoms. The van der Waals surface area contributed by atoms with Crippen molar-refractivity contribution in [3.05, 3.63) is 29.8 Å². The third-order valence-corrected chi connectivity index (χ3v) is 3.68. The number of benzene rings is 1. The lowest BCUT2D eigenvalue weighted by Gasteiger charge is -2.20. The summed E-state index contributed by atoms with van der Waals surface area (Å²) >= 11 is 0. The van der Waals surface area contributed by atoms with Crippen LogP contribution in [0.15, 0.2) is 29.4 Å². The second-order valence-electron chi connectivity index (χ2n) is 5.12. The monoisotopic (exact) mass is 273 g/mol. The maximum atomic E-state index is 12.4. The molecule has 2 unspecified atom stereocenters. The van der Waals surface area contributed by atoms with E-state index < -0.39 is 0 Å². The van der Waals surface area contributed by atoms with E-state index in [4.69, 9.17) is 0 Å². The standard InChI is InChI=1S/C15H19N3O2/c1-9-14(10(2)18(4)17-9)15(20)16-13-8-6-5-7-12(13)11(3)19/h5-8,10,14H,1-4H3,(H,16,20). The highest BCUT2D eigenvalue weighted by molar-refractivity contribution is 6.12. The Morgan fingerprint density at radius 3 is 2.50 bits per heavy atom. The van der Waals surface area contributed by atoms with Crippen LogP contribution in [-0.4, -0.2) is 35.5 Å². The molecule has 1 aliphatic rings. The molecule has 0 radical (unpaired) electrons. The van der Waals surface area contributed by atoms with Gasteiger partial charge in [0.05, 0.1) is 17.6 Å². The number of nitrogens with one attached hydrogen (secondary N) is 1. The van der Waals surface area contributed by atoms with Gasteiger partial charge in [-0.15, -0.1) is 0 Å². The normalized spacial score (nSPS) is 21.6. The van der Waals surface area contributed by atoms with Gasteiger partial charge >= 0.3 is 0 Å². The number of rotatable bonds is 3. The van der Waals surface area contributed by atoms with Crippen LogP contribution < -0.4 is 5.32 Å². The van der Waals surface area contributed by atoms with Crippen molar-refractivity contribution in [2.24, 2.45) is 11.0 Å². The average molecular weight is 273 g/mol. The van der Waals surface area contributed by atoms with Crippen LogP contribution in [0, 0.1) is 5.92 Å². The molecule has 0 aliphatic carbocycles. The van der Waals surface area contributed by atoms with Gasteiger partial charge in [0, 0.05) is 18.3 Å². The highest BCUT2D eigenvalue weighted by atomic mass is 16.2. The third-order valence-electron chi connectivity index (χ3n) is 3.68. The van der Waals surface area contributed by atoms with Gasteiger partial charge < -0.3 is 5.32 Å². The zero-order chi connectivity index (χ0) is 14.9. The minimum absolute atomic E-state index is 0.0134. The molecule has 0 fully saturated rings. The minimum Gasteiger partial charge on any atom is -0.325 e. The zero-order valence-electron chi connectivity index (χ0n) is 12.2. The highest BCUT2D eigenvalue weighted by Crippen LogP contribution is 2.23. The van der Waals surface area contributed by atoms with Gasteiger partial charge in [-0.05, 0) is 32.9 Å². The molecule has 0 spiro atoms. The van der Waals surface area contributed by atoms with Gasteiger partial charge in [-0.25, -0.2) is 0 Å². The van der Waals surface area contributed by atoms with Gasteiger partial charge in [0.1, 0.15) is 0 Å². The first-order chi connectivity index (χ1) is 9.41. The fourth-order valence-corrected chi connectivity index (χ4v) is 2.49. The van der Waals surface area contributed by atoms with Gasteiger partial charge in [0.25, 0.3) is 0 Å². The molecule has 2 atom stereocenters. The van der Waals surface area contributed by atoms with Crippen LogP contribution in [0.5, 0.6) is 0 Å². The Morgan fingerprint density at radius 2 is 1.95 bits per heavy atom. The summed E-state index contributed by atoms with van der Waals surface area (Å²) in [6.45, 7) is 5.30. The maximum absolute atomic E-state index is 12.4. The van der Waals surface area contributed by atoms with E-state index in [1.807, 2.05) is 20.9 Å². The second kappa shape index (κ2) is 5.45. The van der Waals surface area contributed by atoms with Crippen molar-refractivity contribution in [2.75, 3.05) is 12.4 Å². The van der Waals surface area contributed by atoms with Crippen molar-refractivity contribution < 1.29 is 9.59 Å². The molecule has 1 N–H and O–H groups in total. The molecule has 2 rings (SSSR count). The topological polar surface area (TPSA) is 61.8 Å². The summed E-state index contributed by atoms with van der Waals surface area (Å²) in [5.74, 6) is -0.486. The number of carbonyl (C=O) groups is 2. The molecular formula is C15H19N3O2. The molecule has 1 heterocycles. The molecule has 0 aromatic heterocycles. The lowest BCUT2D eigenvalue weighted by Crippen LogP contribution is -2.37. The molecule has 1 aliphatic heterocycles. The Bertz CT molecular complexity index is 580. The Hall–Kier alpha value is -2.17. The predicted molar refractivity (Wildman–Crippen MR) is 78.9 cm³/mol. The molecule has 0 saturated heterocycles. The van der Waals surface area contributed by atoms with Gasteiger partial charge in [-0.2, -0.15) is 5.10 Å². The Morgan fingerprint density at radius 1 is 1.30 bits per heavy atom. The van der Waals surface area contributed by atoms with Crippen molar-refractivity contribution in [3.8, 4) is 0 Å². The van der Waals surface area contributed by atoms with E-state index in [0.717, 1.165) is 5.71 Å². The highest BCUT2D eigenvalue weighted by Gasteiger charge is 2.35. The SMILES string of the molecule is CC(=O)c1ccccc1NC(=O)C1C(C)=NN(C)C1C. The molecule has 106 valence electrons. The first-order valence-electron chi connectivity index (χ1n) is 6.60. The molecule has 1 amide bonds. The Balaban J connectivity index is 2.21. The largest absolute Gasteiger partial charge is 0.325 e. The molecule has 20 heavy (non-hydrogen) atoms. The minimum atomic E-state index is -0.292. The number of carbonyl (C=O) groups excluding carboxylic acids is 2.